The normalized spacial score (nSPS) is 30.0. The lowest BCUT2D eigenvalue weighted by Crippen LogP contribution is -2.59. The Bertz CT molecular complexity index is 206. The van der Waals surface area contributed by atoms with Gasteiger partial charge in [-0.05, 0) is 25.3 Å². The van der Waals surface area contributed by atoms with E-state index in [1.165, 1.54) is 19.3 Å². The van der Waals surface area contributed by atoms with Crippen molar-refractivity contribution in [1.82, 2.24) is 4.90 Å². The van der Waals surface area contributed by atoms with E-state index in [9.17, 15) is 0 Å². The molecule has 0 aromatic heterocycles. The van der Waals surface area contributed by atoms with Crippen LogP contribution in [0.1, 0.15) is 33.1 Å². The average Bonchev–Trinajstić information content (AvgIpc) is 2.50. The minimum absolute atomic E-state index is 0.172. The van der Waals surface area contributed by atoms with E-state index in [-0.39, 0.29) is 5.54 Å². The van der Waals surface area contributed by atoms with Crippen LogP contribution in [0.2, 0.25) is 0 Å². The van der Waals surface area contributed by atoms with Crippen LogP contribution in [-0.2, 0) is 4.74 Å². The van der Waals surface area contributed by atoms with Gasteiger partial charge in [0.15, 0.2) is 0 Å². The van der Waals surface area contributed by atoms with Gasteiger partial charge in [0, 0.05) is 25.7 Å². The maximum absolute atomic E-state index is 6.03. The van der Waals surface area contributed by atoms with Crippen molar-refractivity contribution in [2.24, 2.45) is 11.1 Å². The van der Waals surface area contributed by atoms with Crippen molar-refractivity contribution in [3.8, 4) is 0 Å². The zero-order valence-corrected chi connectivity index (χ0v) is 10.7. The van der Waals surface area contributed by atoms with Gasteiger partial charge < -0.3 is 10.5 Å². The number of ether oxygens (including phenoxy) is 1. The summed E-state index contributed by atoms with van der Waals surface area (Å²) in [6, 6.07) is 0. The minimum atomic E-state index is 0.172. The van der Waals surface area contributed by atoms with Crippen LogP contribution >= 0.6 is 0 Å². The molecule has 0 amide bonds. The highest BCUT2D eigenvalue weighted by molar-refractivity contribution is 5.06. The van der Waals surface area contributed by atoms with Crippen LogP contribution in [0.4, 0.5) is 0 Å². The second kappa shape index (κ2) is 4.81. The summed E-state index contributed by atoms with van der Waals surface area (Å²) in [6.45, 7) is 7.19. The summed E-state index contributed by atoms with van der Waals surface area (Å²) >= 11 is 0. The summed E-state index contributed by atoms with van der Waals surface area (Å²) in [5.74, 6) is 0. The Morgan fingerprint density at radius 1 is 1.33 bits per heavy atom. The molecule has 0 aromatic carbocycles. The summed E-state index contributed by atoms with van der Waals surface area (Å²) in [7, 11) is 3.93. The predicted octanol–water partition coefficient (Wildman–Crippen LogP) is 1.47. The number of methoxy groups -OCH3 is 1. The molecule has 1 aliphatic rings. The van der Waals surface area contributed by atoms with Crippen LogP contribution in [0.25, 0.3) is 0 Å². The fourth-order valence-corrected chi connectivity index (χ4v) is 3.08. The first-order chi connectivity index (χ1) is 7.00. The molecule has 0 saturated heterocycles. The zero-order valence-electron chi connectivity index (χ0n) is 10.7. The molecule has 0 aromatic rings. The molecular weight excluding hydrogens is 188 g/mol. The maximum Gasteiger partial charge on any atom is 0.0589 e. The number of nitrogens with zero attached hydrogens (tertiary/aromatic N) is 1. The van der Waals surface area contributed by atoms with Crippen molar-refractivity contribution >= 4 is 0 Å². The zero-order chi connectivity index (χ0) is 11.5. The lowest BCUT2D eigenvalue weighted by atomic mass is 9.74. The van der Waals surface area contributed by atoms with E-state index in [2.05, 4.69) is 25.8 Å². The van der Waals surface area contributed by atoms with Crippen LogP contribution in [0.15, 0.2) is 0 Å². The van der Waals surface area contributed by atoms with E-state index >= 15 is 0 Å². The number of rotatable bonds is 5. The summed E-state index contributed by atoms with van der Waals surface area (Å²) in [4.78, 5) is 2.41. The smallest absolute Gasteiger partial charge is 0.0589 e. The van der Waals surface area contributed by atoms with E-state index in [0.717, 1.165) is 19.7 Å². The van der Waals surface area contributed by atoms with Crippen molar-refractivity contribution in [2.75, 3.05) is 33.9 Å². The standard InChI is InChI=1S/C12H26N2O/c1-11(2)6-5-7-12(11,10-13)14(3)8-9-15-4/h5-10,13H2,1-4H3. The Kier molecular flexibility index (Phi) is 4.15. The molecule has 0 heterocycles. The van der Waals surface area contributed by atoms with Gasteiger partial charge in [0.25, 0.3) is 0 Å². The van der Waals surface area contributed by atoms with Gasteiger partial charge in [-0.2, -0.15) is 0 Å². The number of hydrogen-bond acceptors (Lipinski definition) is 3. The third-order valence-corrected chi connectivity index (χ3v) is 4.35. The second-order valence-corrected chi connectivity index (χ2v) is 5.39. The maximum atomic E-state index is 6.03. The highest BCUT2D eigenvalue weighted by Gasteiger charge is 2.50. The summed E-state index contributed by atoms with van der Waals surface area (Å²) in [6.07, 6.45) is 3.79. The van der Waals surface area contributed by atoms with E-state index < -0.39 is 0 Å². The molecule has 15 heavy (non-hydrogen) atoms. The monoisotopic (exact) mass is 214 g/mol. The summed E-state index contributed by atoms with van der Waals surface area (Å²) in [5.41, 5.74) is 6.53. The SMILES string of the molecule is COCCN(C)C1(CN)CCCC1(C)C. The second-order valence-electron chi connectivity index (χ2n) is 5.39. The molecular formula is C12H26N2O. The van der Waals surface area contributed by atoms with Crippen molar-refractivity contribution in [3.63, 3.8) is 0 Å². The Hall–Kier alpha value is -0.120. The van der Waals surface area contributed by atoms with Crippen LogP contribution in [0, 0.1) is 5.41 Å². The van der Waals surface area contributed by atoms with E-state index in [1.807, 2.05) is 0 Å². The lowest BCUT2D eigenvalue weighted by Gasteiger charge is -2.47. The first-order valence-corrected chi connectivity index (χ1v) is 5.90. The quantitative estimate of drug-likeness (QED) is 0.753. The molecule has 1 atom stereocenters. The van der Waals surface area contributed by atoms with Gasteiger partial charge in [-0.1, -0.05) is 20.3 Å². The fraction of sp³-hybridized carbons (Fsp3) is 1.00. The van der Waals surface area contributed by atoms with Gasteiger partial charge in [0.2, 0.25) is 0 Å². The molecule has 2 N–H and O–H groups in total. The third-order valence-electron chi connectivity index (χ3n) is 4.35. The Morgan fingerprint density at radius 3 is 2.40 bits per heavy atom. The van der Waals surface area contributed by atoms with Crippen LogP contribution in [0.5, 0.6) is 0 Å². The predicted molar refractivity (Wildman–Crippen MR) is 63.9 cm³/mol. The molecule has 90 valence electrons. The van der Waals surface area contributed by atoms with E-state index in [4.69, 9.17) is 10.5 Å². The number of hydrogen-bond donors (Lipinski definition) is 1. The van der Waals surface area contributed by atoms with Gasteiger partial charge in [-0.15, -0.1) is 0 Å². The summed E-state index contributed by atoms with van der Waals surface area (Å²) < 4.78 is 5.15. The fourth-order valence-electron chi connectivity index (χ4n) is 3.08. The lowest BCUT2D eigenvalue weighted by molar-refractivity contribution is 0.0166. The van der Waals surface area contributed by atoms with Crippen LogP contribution in [0.3, 0.4) is 0 Å². The molecule has 0 radical (unpaired) electrons. The Morgan fingerprint density at radius 2 is 2.00 bits per heavy atom. The highest BCUT2D eigenvalue weighted by atomic mass is 16.5. The van der Waals surface area contributed by atoms with E-state index in [0.29, 0.717) is 5.41 Å². The molecule has 1 fully saturated rings. The van der Waals surface area contributed by atoms with Gasteiger partial charge in [0.1, 0.15) is 0 Å². The largest absolute Gasteiger partial charge is 0.383 e. The number of nitrogens with two attached hydrogens (primary N) is 1. The topological polar surface area (TPSA) is 38.5 Å². The molecule has 1 aliphatic carbocycles. The van der Waals surface area contributed by atoms with E-state index in [1.54, 1.807) is 7.11 Å². The van der Waals surface area contributed by atoms with Crippen LogP contribution < -0.4 is 5.73 Å². The molecule has 1 rings (SSSR count). The van der Waals surface area contributed by atoms with Crippen molar-refractivity contribution < 1.29 is 4.74 Å². The van der Waals surface area contributed by atoms with Gasteiger partial charge in [0.05, 0.1) is 6.61 Å². The first-order valence-electron chi connectivity index (χ1n) is 5.90. The Balaban J connectivity index is 2.75. The Labute approximate surface area is 94.0 Å². The molecule has 3 heteroatoms. The average molecular weight is 214 g/mol. The highest BCUT2D eigenvalue weighted by Crippen LogP contribution is 2.48. The molecule has 0 spiro atoms. The molecule has 0 bridgehead atoms. The van der Waals surface area contributed by atoms with Crippen molar-refractivity contribution in [3.05, 3.63) is 0 Å². The van der Waals surface area contributed by atoms with Crippen LogP contribution in [-0.4, -0.2) is 44.3 Å². The first kappa shape index (κ1) is 12.9. The molecule has 1 saturated carbocycles. The van der Waals surface area contributed by atoms with Gasteiger partial charge >= 0.3 is 0 Å². The molecule has 1 unspecified atom stereocenters. The van der Waals surface area contributed by atoms with Gasteiger partial charge in [-0.25, -0.2) is 0 Å². The number of likely N-dealkylation sites (N-methyl/N-ethyl adjacent to an activating group) is 1. The molecule has 3 nitrogen and oxygen atoms in total. The van der Waals surface area contributed by atoms with Crippen molar-refractivity contribution in [2.45, 2.75) is 38.6 Å². The molecule has 0 aliphatic heterocycles. The minimum Gasteiger partial charge on any atom is -0.383 e. The summed E-state index contributed by atoms with van der Waals surface area (Å²) in [5, 5.41) is 0. The van der Waals surface area contributed by atoms with Gasteiger partial charge in [-0.3, -0.25) is 4.90 Å². The third kappa shape index (κ3) is 2.19. The van der Waals surface area contributed by atoms with Crippen molar-refractivity contribution in [1.29, 1.82) is 0 Å².